The van der Waals surface area contributed by atoms with E-state index in [0.29, 0.717) is 0 Å². The van der Waals surface area contributed by atoms with Crippen molar-refractivity contribution in [2.24, 2.45) is 0 Å². The minimum atomic E-state index is 0.752. The molecular formula is C21H23N7. The molecule has 1 aromatic carbocycles. The van der Waals surface area contributed by atoms with E-state index in [9.17, 15) is 0 Å². The Hall–Kier alpha value is -3.19. The number of aromatic amines is 1. The molecule has 4 heterocycles. The molecule has 0 saturated carbocycles. The first-order chi connectivity index (χ1) is 13.8. The van der Waals surface area contributed by atoms with Gasteiger partial charge in [0.05, 0.1) is 23.8 Å². The van der Waals surface area contributed by atoms with Crippen LogP contribution in [0.25, 0.3) is 16.9 Å². The molecule has 1 fully saturated rings. The van der Waals surface area contributed by atoms with Crippen molar-refractivity contribution in [1.82, 2.24) is 29.5 Å². The summed E-state index contributed by atoms with van der Waals surface area (Å²) >= 11 is 0. The van der Waals surface area contributed by atoms with Crippen LogP contribution in [0.2, 0.25) is 0 Å². The number of hydrogen-bond acceptors (Lipinski definition) is 5. The highest BCUT2D eigenvalue weighted by Crippen LogP contribution is 2.26. The number of benzene rings is 1. The molecule has 0 radical (unpaired) electrons. The lowest BCUT2D eigenvalue weighted by Gasteiger charge is -2.15. The number of aryl methyl sites for hydroxylation is 1. The molecule has 1 saturated heterocycles. The van der Waals surface area contributed by atoms with E-state index in [4.69, 9.17) is 0 Å². The maximum Gasteiger partial charge on any atom is 0.180 e. The number of nitrogens with one attached hydrogen (secondary N) is 2. The fourth-order valence-corrected chi connectivity index (χ4v) is 3.83. The van der Waals surface area contributed by atoms with Gasteiger partial charge in [0.2, 0.25) is 0 Å². The molecule has 28 heavy (non-hydrogen) atoms. The van der Waals surface area contributed by atoms with E-state index in [2.05, 4.69) is 59.0 Å². The Bertz CT molecular complexity index is 1070. The van der Waals surface area contributed by atoms with E-state index >= 15 is 0 Å². The van der Waals surface area contributed by atoms with Crippen LogP contribution in [0.3, 0.4) is 0 Å². The third kappa shape index (κ3) is 3.25. The number of rotatable bonds is 5. The van der Waals surface area contributed by atoms with Crippen LogP contribution in [-0.4, -0.2) is 42.6 Å². The fraction of sp³-hybridized carbons (Fsp3) is 0.286. The quantitative estimate of drug-likeness (QED) is 0.557. The summed E-state index contributed by atoms with van der Waals surface area (Å²) in [5, 5.41) is 10.3. The first-order valence-electron chi connectivity index (χ1n) is 9.68. The molecule has 3 aromatic heterocycles. The summed E-state index contributed by atoms with van der Waals surface area (Å²) in [5.74, 6) is 0.752. The lowest BCUT2D eigenvalue weighted by Crippen LogP contribution is -2.18. The van der Waals surface area contributed by atoms with Crippen molar-refractivity contribution < 1.29 is 0 Å². The lowest BCUT2D eigenvalue weighted by molar-refractivity contribution is 0.331. The van der Waals surface area contributed by atoms with Gasteiger partial charge in [-0.25, -0.2) is 9.97 Å². The van der Waals surface area contributed by atoms with Gasteiger partial charge in [0.15, 0.2) is 11.5 Å². The van der Waals surface area contributed by atoms with Crippen molar-refractivity contribution in [2.75, 3.05) is 18.4 Å². The van der Waals surface area contributed by atoms with Crippen molar-refractivity contribution in [1.29, 1.82) is 0 Å². The Kier molecular flexibility index (Phi) is 4.29. The monoisotopic (exact) mass is 373 g/mol. The highest BCUT2D eigenvalue weighted by molar-refractivity contribution is 5.74. The van der Waals surface area contributed by atoms with Crippen molar-refractivity contribution in [2.45, 2.75) is 26.3 Å². The SMILES string of the molecule is Cc1cn2c(-c3cn[nH]c3)cnc2c(Nc2ccc(CN3CCCC3)cc2)n1. The molecule has 0 unspecified atom stereocenters. The van der Waals surface area contributed by atoms with E-state index < -0.39 is 0 Å². The standard InChI is InChI=1S/C21H23N7/c1-15-13-28-19(17-10-23-24-11-17)12-22-21(28)20(25-15)26-18-6-4-16(5-7-18)14-27-8-2-3-9-27/h4-7,10-13H,2-3,8-9,14H2,1H3,(H,23,24)(H,25,26). The molecule has 7 nitrogen and oxygen atoms in total. The van der Waals surface area contributed by atoms with Crippen LogP contribution >= 0.6 is 0 Å². The summed E-state index contributed by atoms with van der Waals surface area (Å²) in [6, 6.07) is 8.61. The number of likely N-dealkylation sites (tertiary alicyclic amines) is 1. The number of anilines is 2. The Balaban J connectivity index is 1.42. The Labute approximate surface area is 163 Å². The predicted octanol–water partition coefficient (Wildman–Crippen LogP) is 3.77. The molecule has 0 atom stereocenters. The van der Waals surface area contributed by atoms with Gasteiger partial charge in [0.1, 0.15) is 0 Å². The summed E-state index contributed by atoms with van der Waals surface area (Å²) in [4.78, 5) is 11.8. The number of imidazole rings is 1. The van der Waals surface area contributed by atoms with Gasteiger partial charge < -0.3 is 5.32 Å². The van der Waals surface area contributed by atoms with Gasteiger partial charge in [-0.1, -0.05) is 12.1 Å². The maximum absolute atomic E-state index is 4.67. The molecule has 1 aliphatic heterocycles. The first kappa shape index (κ1) is 16.9. The van der Waals surface area contributed by atoms with Gasteiger partial charge in [0.25, 0.3) is 0 Å². The average molecular weight is 373 g/mol. The minimum absolute atomic E-state index is 0.752. The Morgan fingerprint density at radius 3 is 2.68 bits per heavy atom. The largest absolute Gasteiger partial charge is 0.337 e. The first-order valence-corrected chi connectivity index (χ1v) is 9.68. The summed E-state index contributed by atoms with van der Waals surface area (Å²) in [5.41, 5.74) is 6.05. The van der Waals surface area contributed by atoms with Gasteiger partial charge >= 0.3 is 0 Å². The summed E-state index contributed by atoms with van der Waals surface area (Å²) in [6.45, 7) is 5.44. The Morgan fingerprint density at radius 1 is 1.11 bits per heavy atom. The zero-order valence-corrected chi connectivity index (χ0v) is 15.9. The average Bonchev–Trinajstić information content (AvgIpc) is 3.44. The predicted molar refractivity (Wildman–Crippen MR) is 110 cm³/mol. The topological polar surface area (TPSA) is 74.1 Å². The third-order valence-electron chi connectivity index (χ3n) is 5.23. The maximum atomic E-state index is 4.67. The van der Waals surface area contributed by atoms with Gasteiger partial charge in [-0.05, 0) is 50.6 Å². The molecule has 2 N–H and O–H groups in total. The van der Waals surface area contributed by atoms with E-state index in [-0.39, 0.29) is 0 Å². The van der Waals surface area contributed by atoms with Crippen LogP contribution in [0.4, 0.5) is 11.5 Å². The van der Waals surface area contributed by atoms with Crippen LogP contribution in [0.1, 0.15) is 24.1 Å². The van der Waals surface area contributed by atoms with Crippen molar-refractivity contribution >= 4 is 17.2 Å². The number of H-pyrrole nitrogens is 1. The number of nitrogens with zero attached hydrogens (tertiary/aromatic N) is 5. The fourth-order valence-electron chi connectivity index (χ4n) is 3.83. The van der Waals surface area contributed by atoms with Gasteiger partial charge in [-0.2, -0.15) is 5.10 Å². The van der Waals surface area contributed by atoms with Crippen LogP contribution in [0.15, 0.2) is 49.1 Å². The summed E-state index contributed by atoms with van der Waals surface area (Å²) < 4.78 is 2.05. The summed E-state index contributed by atoms with van der Waals surface area (Å²) in [7, 11) is 0. The zero-order valence-electron chi connectivity index (χ0n) is 15.9. The second kappa shape index (κ2) is 7.09. The molecule has 0 amide bonds. The van der Waals surface area contributed by atoms with Crippen LogP contribution in [-0.2, 0) is 6.54 Å². The second-order valence-electron chi connectivity index (χ2n) is 7.36. The molecule has 0 spiro atoms. The molecule has 142 valence electrons. The van der Waals surface area contributed by atoms with Gasteiger partial charge in [-0.3, -0.25) is 14.4 Å². The number of aromatic nitrogens is 5. The summed E-state index contributed by atoms with van der Waals surface area (Å²) in [6.07, 6.45) is 10.1. The van der Waals surface area contributed by atoms with E-state index in [1.807, 2.05) is 25.5 Å². The second-order valence-corrected chi connectivity index (χ2v) is 7.36. The molecule has 1 aliphatic rings. The van der Waals surface area contributed by atoms with Crippen molar-refractivity contribution in [3.63, 3.8) is 0 Å². The number of fused-ring (bicyclic) bond motifs is 1. The van der Waals surface area contributed by atoms with Crippen LogP contribution in [0, 0.1) is 6.92 Å². The van der Waals surface area contributed by atoms with Crippen LogP contribution in [0.5, 0.6) is 0 Å². The third-order valence-corrected chi connectivity index (χ3v) is 5.23. The van der Waals surface area contributed by atoms with E-state index in [0.717, 1.165) is 40.6 Å². The molecule has 4 aromatic rings. The molecule has 7 heteroatoms. The normalized spacial score (nSPS) is 14.8. The highest BCUT2D eigenvalue weighted by Gasteiger charge is 2.14. The van der Waals surface area contributed by atoms with Gasteiger partial charge in [-0.15, -0.1) is 0 Å². The smallest absolute Gasteiger partial charge is 0.180 e. The minimum Gasteiger partial charge on any atom is -0.337 e. The van der Waals surface area contributed by atoms with Crippen LogP contribution < -0.4 is 5.32 Å². The van der Waals surface area contributed by atoms with Crippen molar-refractivity contribution in [3.8, 4) is 11.3 Å². The molecular weight excluding hydrogens is 350 g/mol. The van der Waals surface area contributed by atoms with Gasteiger partial charge in [0, 0.05) is 30.2 Å². The van der Waals surface area contributed by atoms with E-state index in [1.165, 1.54) is 31.5 Å². The molecule has 0 aliphatic carbocycles. The molecule has 0 bridgehead atoms. The molecule has 5 rings (SSSR count). The lowest BCUT2D eigenvalue weighted by atomic mass is 10.2. The Morgan fingerprint density at radius 2 is 1.93 bits per heavy atom. The van der Waals surface area contributed by atoms with E-state index in [1.54, 1.807) is 6.20 Å². The highest BCUT2D eigenvalue weighted by atomic mass is 15.1. The zero-order chi connectivity index (χ0) is 18.9. The number of hydrogen-bond donors (Lipinski definition) is 2. The van der Waals surface area contributed by atoms with Crippen molar-refractivity contribution in [3.05, 3.63) is 60.3 Å².